The van der Waals surface area contributed by atoms with E-state index in [9.17, 15) is 15.0 Å². The van der Waals surface area contributed by atoms with Crippen LogP contribution in [0.3, 0.4) is 0 Å². The molecule has 0 saturated heterocycles. The quantitative estimate of drug-likeness (QED) is 0.0433. The molecule has 0 spiro atoms. The molecule has 0 aliphatic heterocycles. The van der Waals surface area contributed by atoms with Gasteiger partial charge >= 0.3 is 0 Å². The van der Waals surface area contributed by atoms with E-state index in [-0.39, 0.29) is 12.5 Å². The lowest BCUT2D eigenvalue weighted by Gasteiger charge is -2.20. The third kappa shape index (κ3) is 39.8. The average Bonchev–Trinajstić information content (AvgIpc) is 3.15. The standard InChI is InChI=1S/C48H91NO3/c1-3-5-7-9-11-13-15-17-19-21-22-23-24-25-26-28-30-32-34-36-38-40-42-44-48(52)49-46(45-50)47(51)43-41-39-37-35-33-31-29-27-20-18-16-14-12-10-8-6-4-2/h22-23,25-26,41,43,46-47,50-51H,3-21,24,27-40,42,44-45H2,1-2H3,(H,49,52)/b23-22-,26-25-,43-41+. The summed E-state index contributed by atoms with van der Waals surface area (Å²) in [7, 11) is 0. The van der Waals surface area contributed by atoms with Gasteiger partial charge in [-0.15, -0.1) is 0 Å². The Labute approximate surface area is 325 Å². The third-order valence-corrected chi connectivity index (χ3v) is 10.6. The van der Waals surface area contributed by atoms with Gasteiger partial charge in [-0.25, -0.2) is 0 Å². The zero-order valence-electron chi connectivity index (χ0n) is 35.1. The van der Waals surface area contributed by atoms with Crippen LogP contribution in [-0.4, -0.2) is 34.9 Å². The summed E-state index contributed by atoms with van der Waals surface area (Å²) in [6, 6.07) is -0.626. The minimum atomic E-state index is -0.842. The molecule has 52 heavy (non-hydrogen) atoms. The van der Waals surface area contributed by atoms with Gasteiger partial charge in [0.15, 0.2) is 0 Å². The first kappa shape index (κ1) is 50.6. The summed E-state index contributed by atoms with van der Waals surface area (Å²) < 4.78 is 0. The molecule has 2 unspecified atom stereocenters. The Hall–Kier alpha value is -1.39. The van der Waals surface area contributed by atoms with Crippen LogP contribution in [0, 0.1) is 0 Å². The van der Waals surface area contributed by atoms with Crippen LogP contribution in [0.1, 0.15) is 245 Å². The Balaban J connectivity index is 3.57. The number of aliphatic hydroxyl groups excluding tert-OH is 2. The molecule has 0 aliphatic carbocycles. The number of hydrogen-bond donors (Lipinski definition) is 3. The van der Waals surface area contributed by atoms with Crippen molar-refractivity contribution in [2.75, 3.05) is 6.61 Å². The second-order valence-corrected chi connectivity index (χ2v) is 15.8. The highest BCUT2D eigenvalue weighted by Crippen LogP contribution is 2.15. The Bertz CT molecular complexity index is 790. The third-order valence-electron chi connectivity index (χ3n) is 10.6. The van der Waals surface area contributed by atoms with Gasteiger partial charge in [-0.3, -0.25) is 4.79 Å². The molecule has 0 bridgehead atoms. The van der Waals surface area contributed by atoms with E-state index in [0.29, 0.717) is 6.42 Å². The van der Waals surface area contributed by atoms with Crippen molar-refractivity contribution in [3.8, 4) is 0 Å². The van der Waals surface area contributed by atoms with Gasteiger partial charge in [0, 0.05) is 6.42 Å². The van der Waals surface area contributed by atoms with Crippen molar-refractivity contribution in [3.05, 3.63) is 36.5 Å². The number of amides is 1. The molecule has 0 aliphatic rings. The topological polar surface area (TPSA) is 69.6 Å². The summed E-state index contributed by atoms with van der Waals surface area (Å²) in [5.41, 5.74) is 0. The fourth-order valence-electron chi connectivity index (χ4n) is 7.03. The number of hydrogen-bond acceptors (Lipinski definition) is 3. The number of carbonyl (C=O) groups excluding carboxylic acids is 1. The number of carbonyl (C=O) groups is 1. The molecule has 0 saturated carbocycles. The van der Waals surface area contributed by atoms with E-state index < -0.39 is 12.1 Å². The minimum Gasteiger partial charge on any atom is -0.394 e. The van der Waals surface area contributed by atoms with Gasteiger partial charge in [-0.2, -0.15) is 0 Å². The highest BCUT2D eigenvalue weighted by Gasteiger charge is 2.17. The first-order chi connectivity index (χ1) is 25.7. The molecule has 3 N–H and O–H groups in total. The van der Waals surface area contributed by atoms with Crippen LogP contribution in [0.2, 0.25) is 0 Å². The number of unbranched alkanes of at least 4 members (excludes halogenated alkanes) is 31. The van der Waals surface area contributed by atoms with E-state index >= 15 is 0 Å². The van der Waals surface area contributed by atoms with Crippen molar-refractivity contribution in [2.45, 2.75) is 257 Å². The maximum Gasteiger partial charge on any atom is 0.220 e. The first-order valence-corrected chi connectivity index (χ1v) is 23.2. The van der Waals surface area contributed by atoms with Gasteiger partial charge < -0.3 is 15.5 Å². The molecule has 2 atom stereocenters. The molecule has 4 heteroatoms. The Morgan fingerprint density at radius 3 is 1.15 bits per heavy atom. The fraction of sp³-hybridized carbons (Fsp3) is 0.854. The lowest BCUT2D eigenvalue weighted by atomic mass is 10.0. The first-order valence-electron chi connectivity index (χ1n) is 23.2. The monoisotopic (exact) mass is 730 g/mol. The maximum atomic E-state index is 12.4. The van der Waals surface area contributed by atoms with Crippen molar-refractivity contribution in [1.29, 1.82) is 0 Å². The molecule has 0 fully saturated rings. The highest BCUT2D eigenvalue weighted by atomic mass is 16.3. The Morgan fingerprint density at radius 1 is 0.462 bits per heavy atom. The van der Waals surface area contributed by atoms with Crippen LogP contribution in [-0.2, 0) is 4.79 Å². The van der Waals surface area contributed by atoms with Gasteiger partial charge in [0.1, 0.15) is 0 Å². The summed E-state index contributed by atoms with van der Waals surface area (Å²) in [5, 5.41) is 23.0. The molecule has 0 radical (unpaired) electrons. The minimum absolute atomic E-state index is 0.0703. The molecular weight excluding hydrogens is 639 g/mol. The SMILES string of the molecule is CCCCCCCCCCC/C=C\C/C=C\CCCCCCCCCC(=O)NC(CO)C(O)/C=C/CCCCCCCCCCCCCCCCC. The molecule has 306 valence electrons. The normalized spacial score (nSPS) is 13.2. The maximum absolute atomic E-state index is 12.4. The van der Waals surface area contributed by atoms with Crippen LogP contribution < -0.4 is 5.32 Å². The molecule has 0 aromatic carbocycles. The zero-order chi connectivity index (χ0) is 37.8. The van der Waals surface area contributed by atoms with Crippen LogP contribution in [0.15, 0.2) is 36.5 Å². The fourth-order valence-corrected chi connectivity index (χ4v) is 7.03. The van der Waals surface area contributed by atoms with Crippen molar-refractivity contribution >= 4 is 5.91 Å². The van der Waals surface area contributed by atoms with E-state index in [1.54, 1.807) is 6.08 Å². The van der Waals surface area contributed by atoms with E-state index in [4.69, 9.17) is 0 Å². The largest absolute Gasteiger partial charge is 0.394 e. The highest BCUT2D eigenvalue weighted by molar-refractivity contribution is 5.76. The van der Waals surface area contributed by atoms with Crippen LogP contribution in [0.4, 0.5) is 0 Å². The molecule has 1 amide bonds. The predicted octanol–water partition coefficient (Wildman–Crippen LogP) is 14.6. The number of nitrogens with one attached hydrogen (secondary N) is 1. The number of rotatable bonds is 42. The van der Waals surface area contributed by atoms with Crippen molar-refractivity contribution < 1.29 is 15.0 Å². The molecule has 0 heterocycles. The van der Waals surface area contributed by atoms with Crippen LogP contribution >= 0.6 is 0 Å². The van der Waals surface area contributed by atoms with Crippen LogP contribution in [0.5, 0.6) is 0 Å². The average molecular weight is 730 g/mol. The summed E-state index contributed by atoms with van der Waals surface area (Å²) in [5.74, 6) is -0.0703. The lowest BCUT2D eigenvalue weighted by molar-refractivity contribution is -0.123. The molecule has 4 nitrogen and oxygen atoms in total. The molecule has 0 rings (SSSR count). The molecule has 0 aromatic heterocycles. The van der Waals surface area contributed by atoms with Crippen molar-refractivity contribution in [2.24, 2.45) is 0 Å². The van der Waals surface area contributed by atoms with E-state index in [1.165, 1.54) is 193 Å². The van der Waals surface area contributed by atoms with E-state index in [0.717, 1.165) is 32.1 Å². The molecular formula is C48H91NO3. The van der Waals surface area contributed by atoms with Gasteiger partial charge in [0.05, 0.1) is 18.8 Å². The molecule has 0 aromatic rings. The van der Waals surface area contributed by atoms with E-state index in [1.807, 2.05) is 6.08 Å². The second kappa shape index (κ2) is 44.0. The van der Waals surface area contributed by atoms with Gasteiger partial charge in [0.2, 0.25) is 5.91 Å². The van der Waals surface area contributed by atoms with Crippen molar-refractivity contribution in [3.63, 3.8) is 0 Å². The Kier molecular flexibility index (Phi) is 42.8. The van der Waals surface area contributed by atoms with E-state index in [2.05, 4.69) is 43.5 Å². The summed E-state index contributed by atoms with van der Waals surface area (Å²) in [6.45, 7) is 4.32. The van der Waals surface area contributed by atoms with Gasteiger partial charge in [0.25, 0.3) is 0 Å². The predicted molar refractivity (Wildman–Crippen MR) is 230 cm³/mol. The second-order valence-electron chi connectivity index (χ2n) is 15.8. The van der Waals surface area contributed by atoms with Gasteiger partial charge in [-0.05, 0) is 51.4 Å². The van der Waals surface area contributed by atoms with Crippen LogP contribution in [0.25, 0.3) is 0 Å². The summed E-state index contributed by atoms with van der Waals surface area (Å²) in [6.07, 6.45) is 58.3. The summed E-state index contributed by atoms with van der Waals surface area (Å²) in [4.78, 5) is 12.4. The lowest BCUT2D eigenvalue weighted by Crippen LogP contribution is -2.45. The van der Waals surface area contributed by atoms with Crippen molar-refractivity contribution in [1.82, 2.24) is 5.32 Å². The number of allylic oxidation sites excluding steroid dienone is 5. The smallest absolute Gasteiger partial charge is 0.220 e. The zero-order valence-corrected chi connectivity index (χ0v) is 35.1. The Morgan fingerprint density at radius 2 is 0.788 bits per heavy atom. The summed E-state index contributed by atoms with van der Waals surface area (Å²) >= 11 is 0. The van der Waals surface area contributed by atoms with Gasteiger partial charge in [-0.1, -0.05) is 224 Å². The number of aliphatic hydroxyl groups is 2.